The van der Waals surface area contributed by atoms with Gasteiger partial charge in [0.25, 0.3) is 5.91 Å². The fraction of sp³-hybridized carbons (Fsp3) is 0.200. The summed E-state index contributed by atoms with van der Waals surface area (Å²) in [5.74, 6) is 0.666. The van der Waals surface area contributed by atoms with Crippen LogP contribution in [0.4, 0.5) is 5.69 Å². The molecule has 2 atom stereocenters. The Hall–Kier alpha value is -3.81. The van der Waals surface area contributed by atoms with E-state index in [9.17, 15) is 4.79 Å². The first-order chi connectivity index (χ1) is 18.0. The van der Waals surface area contributed by atoms with Crippen LogP contribution < -0.4 is 21.1 Å². The lowest BCUT2D eigenvalue weighted by molar-refractivity contribution is -0.127. The summed E-state index contributed by atoms with van der Waals surface area (Å²) in [6, 6.07) is 31.8. The molecule has 0 aliphatic rings. The minimum Gasteiger partial charge on any atom is -0.463 e. The molecule has 3 aromatic carbocycles. The maximum Gasteiger partial charge on any atom is 0.261 e. The van der Waals surface area contributed by atoms with Crippen LogP contribution in [-0.4, -0.2) is 35.3 Å². The zero-order valence-electron chi connectivity index (χ0n) is 20.8. The van der Waals surface area contributed by atoms with Crippen molar-refractivity contribution in [2.24, 2.45) is 5.73 Å². The van der Waals surface area contributed by atoms with E-state index in [4.69, 9.17) is 15.5 Å². The number of ether oxygens (including phenoxy) is 1. The first-order valence-electron chi connectivity index (χ1n) is 12.3. The van der Waals surface area contributed by atoms with Crippen LogP contribution in [0, 0.1) is 0 Å². The number of amides is 1. The van der Waals surface area contributed by atoms with Crippen LogP contribution >= 0.6 is 12.6 Å². The molecule has 1 amide bonds. The van der Waals surface area contributed by atoms with Gasteiger partial charge < -0.3 is 21.1 Å². The standard InChI is InChI=1S/C30H32N4O2S/c1-21(29(35)33-18-22-9-8-14-25(17-22)23-10-4-2-5-11-23)36-30-28(32-19-26(31)20-37)16-15-27(34-30)24-12-6-3-7-13-24/h2-17,21,26,32,37H,18-20,31H2,1H3,(H,33,35)/t21-,26?/m1/s1. The normalized spacial score (nSPS) is 12.4. The molecule has 1 aromatic heterocycles. The Morgan fingerprint density at radius 2 is 1.59 bits per heavy atom. The van der Waals surface area contributed by atoms with Crippen molar-refractivity contribution in [2.45, 2.75) is 25.6 Å². The van der Waals surface area contributed by atoms with Crippen molar-refractivity contribution in [3.05, 3.63) is 103 Å². The van der Waals surface area contributed by atoms with Gasteiger partial charge in [-0.25, -0.2) is 4.98 Å². The predicted octanol–water partition coefficient (Wildman–Crippen LogP) is 5.17. The first kappa shape index (κ1) is 26.3. The van der Waals surface area contributed by atoms with Crippen LogP contribution in [0.15, 0.2) is 97.1 Å². The summed E-state index contributed by atoms with van der Waals surface area (Å²) >= 11 is 4.25. The second-order valence-electron chi connectivity index (χ2n) is 8.78. The summed E-state index contributed by atoms with van der Waals surface area (Å²) in [5.41, 5.74) is 11.7. The van der Waals surface area contributed by atoms with Gasteiger partial charge in [-0.1, -0.05) is 78.9 Å². The molecule has 0 saturated carbocycles. The number of aromatic nitrogens is 1. The Bertz CT molecular complexity index is 1300. The molecule has 4 aromatic rings. The van der Waals surface area contributed by atoms with Gasteiger partial charge >= 0.3 is 0 Å². The smallest absolute Gasteiger partial charge is 0.261 e. The van der Waals surface area contributed by atoms with Gasteiger partial charge in [-0.2, -0.15) is 12.6 Å². The molecule has 37 heavy (non-hydrogen) atoms. The number of nitrogens with two attached hydrogens (primary N) is 1. The van der Waals surface area contributed by atoms with E-state index in [1.54, 1.807) is 6.92 Å². The van der Waals surface area contributed by atoms with Gasteiger partial charge in [0, 0.05) is 30.4 Å². The van der Waals surface area contributed by atoms with E-state index in [0.29, 0.717) is 30.4 Å². The summed E-state index contributed by atoms with van der Waals surface area (Å²) in [6.07, 6.45) is -0.755. The second-order valence-corrected chi connectivity index (χ2v) is 9.15. The fourth-order valence-corrected chi connectivity index (χ4v) is 3.91. The number of carbonyl (C=O) groups is 1. The number of carbonyl (C=O) groups excluding carboxylic acids is 1. The zero-order valence-corrected chi connectivity index (χ0v) is 21.7. The van der Waals surface area contributed by atoms with Gasteiger partial charge in [-0.05, 0) is 41.8 Å². The molecule has 7 heteroatoms. The number of rotatable bonds is 11. The van der Waals surface area contributed by atoms with E-state index in [1.807, 2.05) is 72.8 Å². The van der Waals surface area contributed by atoms with Crippen LogP contribution in [0.5, 0.6) is 5.88 Å². The van der Waals surface area contributed by atoms with Crippen molar-refractivity contribution < 1.29 is 9.53 Å². The maximum absolute atomic E-state index is 12.9. The van der Waals surface area contributed by atoms with E-state index >= 15 is 0 Å². The third-order valence-corrected chi connectivity index (χ3v) is 6.35. The SMILES string of the molecule is C[C@@H](Oc1nc(-c2ccccc2)ccc1NCC(N)CS)C(=O)NCc1cccc(-c2ccccc2)c1. The molecule has 1 heterocycles. The van der Waals surface area contributed by atoms with E-state index in [-0.39, 0.29) is 11.9 Å². The minimum atomic E-state index is -0.755. The topological polar surface area (TPSA) is 89.3 Å². The van der Waals surface area contributed by atoms with Crippen molar-refractivity contribution in [2.75, 3.05) is 17.6 Å². The summed E-state index contributed by atoms with van der Waals surface area (Å²) in [4.78, 5) is 17.6. The van der Waals surface area contributed by atoms with Gasteiger partial charge in [0.05, 0.1) is 11.4 Å². The lowest BCUT2D eigenvalue weighted by Gasteiger charge is -2.19. The number of hydrogen-bond donors (Lipinski definition) is 4. The predicted molar refractivity (Wildman–Crippen MR) is 154 cm³/mol. The van der Waals surface area contributed by atoms with Crippen LogP contribution in [-0.2, 0) is 11.3 Å². The van der Waals surface area contributed by atoms with Crippen LogP contribution in [0.3, 0.4) is 0 Å². The quantitative estimate of drug-likeness (QED) is 0.208. The van der Waals surface area contributed by atoms with Crippen LogP contribution in [0.25, 0.3) is 22.4 Å². The van der Waals surface area contributed by atoms with E-state index in [2.05, 4.69) is 47.5 Å². The average Bonchev–Trinajstić information content (AvgIpc) is 2.96. The number of anilines is 1. The van der Waals surface area contributed by atoms with Crippen LogP contribution in [0.2, 0.25) is 0 Å². The lowest BCUT2D eigenvalue weighted by atomic mass is 10.0. The number of nitrogens with one attached hydrogen (secondary N) is 2. The van der Waals surface area contributed by atoms with Gasteiger partial charge in [-0.3, -0.25) is 4.79 Å². The highest BCUT2D eigenvalue weighted by molar-refractivity contribution is 7.80. The van der Waals surface area contributed by atoms with Crippen molar-refractivity contribution >= 4 is 24.2 Å². The summed E-state index contributed by atoms with van der Waals surface area (Å²) in [7, 11) is 0. The summed E-state index contributed by atoms with van der Waals surface area (Å²) in [6.45, 7) is 2.62. The Morgan fingerprint density at radius 3 is 2.30 bits per heavy atom. The molecule has 4 rings (SSSR count). The third kappa shape index (κ3) is 7.35. The van der Waals surface area contributed by atoms with Gasteiger partial charge in [0.15, 0.2) is 6.10 Å². The number of benzene rings is 3. The van der Waals surface area contributed by atoms with Crippen molar-refractivity contribution in [3.8, 4) is 28.3 Å². The fourth-order valence-electron chi connectivity index (χ4n) is 3.79. The summed E-state index contributed by atoms with van der Waals surface area (Å²) in [5, 5.41) is 6.25. The third-order valence-electron chi connectivity index (χ3n) is 5.88. The molecule has 1 unspecified atom stereocenters. The molecule has 6 nitrogen and oxygen atoms in total. The lowest BCUT2D eigenvalue weighted by Crippen LogP contribution is -2.36. The number of nitrogens with zero attached hydrogens (tertiary/aromatic N) is 1. The molecule has 0 saturated heterocycles. The zero-order chi connectivity index (χ0) is 26.0. The van der Waals surface area contributed by atoms with Crippen molar-refractivity contribution in [1.82, 2.24) is 10.3 Å². The highest BCUT2D eigenvalue weighted by atomic mass is 32.1. The number of pyridine rings is 1. The van der Waals surface area contributed by atoms with Crippen LogP contribution in [0.1, 0.15) is 12.5 Å². The largest absolute Gasteiger partial charge is 0.463 e. The first-order valence-corrected chi connectivity index (χ1v) is 12.9. The molecule has 190 valence electrons. The molecule has 0 aliphatic heterocycles. The minimum absolute atomic E-state index is 0.127. The van der Waals surface area contributed by atoms with Gasteiger partial charge in [0.2, 0.25) is 5.88 Å². The second kappa shape index (κ2) is 12.9. The summed E-state index contributed by atoms with van der Waals surface area (Å²) < 4.78 is 6.07. The monoisotopic (exact) mass is 512 g/mol. The molecule has 0 radical (unpaired) electrons. The molecular formula is C30H32N4O2S. The Balaban J connectivity index is 1.45. The van der Waals surface area contributed by atoms with E-state index < -0.39 is 6.10 Å². The maximum atomic E-state index is 12.9. The molecule has 0 fully saturated rings. The number of thiol groups is 1. The molecule has 0 bridgehead atoms. The Morgan fingerprint density at radius 1 is 0.919 bits per heavy atom. The van der Waals surface area contributed by atoms with E-state index in [0.717, 1.165) is 27.9 Å². The highest BCUT2D eigenvalue weighted by Crippen LogP contribution is 2.28. The number of hydrogen-bond acceptors (Lipinski definition) is 6. The molecule has 4 N–H and O–H groups in total. The average molecular weight is 513 g/mol. The molecule has 0 aliphatic carbocycles. The van der Waals surface area contributed by atoms with Crippen molar-refractivity contribution in [3.63, 3.8) is 0 Å². The molecular weight excluding hydrogens is 480 g/mol. The van der Waals surface area contributed by atoms with E-state index in [1.165, 1.54) is 0 Å². The highest BCUT2D eigenvalue weighted by Gasteiger charge is 2.18. The Kier molecular flexibility index (Phi) is 9.18. The Labute approximate surface area is 223 Å². The molecule has 0 spiro atoms. The van der Waals surface area contributed by atoms with Crippen molar-refractivity contribution in [1.29, 1.82) is 0 Å². The van der Waals surface area contributed by atoms with Gasteiger partial charge in [0.1, 0.15) is 0 Å². The van der Waals surface area contributed by atoms with Gasteiger partial charge in [-0.15, -0.1) is 0 Å².